The van der Waals surface area contributed by atoms with Gasteiger partial charge < -0.3 is 24.1 Å². The Hall–Kier alpha value is -2.45. The minimum Gasteiger partial charge on any atom is -0.466 e. The monoisotopic (exact) mass is 349 g/mol. The third-order valence-electron chi connectivity index (χ3n) is 3.90. The number of aliphatic imine (C=N–C) groups is 1. The van der Waals surface area contributed by atoms with Crippen LogP contribution in [0.2, 0.25) is 0 Å². The van der Waals surface area contributed by atoms with E-state index >= 15 is 0 Å². The maximum atomic E-state index is 11.4. The Kier molecular flexibility index (Phi) is 5.00. The number of hydrogen-bond donors (Lipinski definition) is 1. The second kappa shape index (κ2) is 7.20. The second-order valence-corrected chi connectivity index (χ2v) is 5.82. The van der Waals surface area contributed by atoms with E-state index in [2.05, 4.69) is 4.99 Å². The first-order chi connectivity index (χ1) is 12.0. The molecule has 5 atom stereocenters. The molecular weight excluding hydrogens is 330 g/mol. The Balaban J connectivity index is 1.80. The van der Waals surface area contributed by atoms with Gasteiger partial charge in [0.2, 0.25) is 5.90 Å². The number of fused-ring (bicyclic) bond motifs is 1. The van der Waals surface area contributed by atoms with Crippen LogP contribution in [0, 0.1) is 0 Å². The van der Waals surface area contributed by atoms with E-state index in [0.29, 0.717) is 5.90 Å². The lowest BCUT2D eigenvalue weighted by Crippen LogP contribution is -2.59. The van der Waals surface area contributed by atoms with Crippen LogP contribution in [0.1, 0.15) is 19.4 Å². The van der Waals surface area contributed by atoms with Gasteiger partial charge in [0.15, 0.2) is 18.4 Å². The first kappa shape index (κ1) is 17.4. The zero-order valence-electron chi connectivity index (χ0n) is 13.8. The quantitative estimate of drug-likeness (QED) is 0.785. The van der Waals surface area contributed by atoms with Crippen LogP contribution >= 0.6 is 0 Å². The summed E-state index contributed by atoms with van der Waals surface area (Å²) < 4.78 is 21.6. The van der Waals surface area contributed by atoms with Crippen LogP contribution in [0.5, 0.6) is 0 Å². The van der Waals surface area contributed by atoms with Crippen LogP contribution in [0.3, 0.4) is 0 Å². The van der Waals surface area contributed by atoms with Crippen LogP contribution in [-0.4, -0.2) is 60.2 Å². The number of carbonyl (C=O) groups is 2. The number of benzene rings is 1. The van der Waals surface area contributed by atoms with Crippen molar-refractivity contribution in [1.82, 2.24) is 0 Å². The molecule has 0 spiro atoms. The van der Waals surface area contributed by atoms with E-state index in [1.807, 2.05) is 30.3 Å². The van der Waals surface area contributed by atoms with Gasteiger partial charge in [-0.15, -0.1) is 0 Å². The summed E-state index contributed by atoms with van der Waals surface area (Å²) in [7, 11) is 0. The van der Waals surface area contributed by atoms with E-state index < -0.39 is 42.6 Å². The molecule has 0 unspecified atom stereocenters. The summed E-state index contributed by atoms with van der Waals surface area (Å²) in [5, 5.41) is 10.6. The Labute approximate surface area is 144 Å². The van der Waals surface area contributed by atoms with Crippen molar-refractivity contribution < 1.29 is 33.6 Å². The van der Waals surface area contributed by atoms with Crippen LogP contribution in [0.25, 0.3) is 0 Å². The molecule has 0 amide bonds. The highest BCUT2D eigenvalue weighted by atomic mass is 16.6. The van der Waals surface area contributed by atoms with Gasteiger partial charge in [-0.05, 0) is 12.1 Å². The number of aliphatic hydroxyl groups is 1. The highest BCUT2D eigenvalue weighted by Gasteiger charge is 2.51. The molecule has 8 nitrogen and oxygen atoms in total. The zero-order chi connectivity index (χ0) is 18.0. The van der Waals surface area contributed by atoms with Crippen molar-refractivity contribution >= 4 is 17.8 Å². The maximum Gasteiger partial charge on any atom is 0.303 e. The molecule has 0 radical (unpaired) electrons. The molecule has 1 N–H and O–H groups in total. The fraction of sp³-hybridized carbons (Fsp3) is 0.471. The molecule has 0 bridgehead atoms. The van der Waals surface area contributed by atoms with Crippen molar-refractivity contribution in [2.45, 2.75) is 44.5 Å². The highest BCUT2D eigenvalue weighted by Crippen LogP contribution is 2.31. The van der Waals surface area contributed by atoms with Crippen LogP contribution in [0.15, 0.2) is 35.3 Å². The smallest absolute Gasteiger partial charge is 0.303 e. The summed E-state index contributed by atoms with van der Waals surface area (Å²) in [5.41, 5.74) is 0.744. The van der Waals surface area contributed by atoms with E-state index in [4.69, 9.17) is 18.9 Å². The topological polar surface area (TPSA) is 104 Å². The molecule has 134 valence electrons. The van der Waals surface area contributed by atoms with Gasteiger partial charge in [0.05, 0.1) is 0 Å². The van der Waals surface area contributed by atoms with Gasteiger partial charge in [-0.3, -0.25) is 9.59 Å². The third-order valence-corrected chi connectivity index (χ3v) is 3.90. The largest absolute Gasteiger partial charge is 0.466 e. The van der Waals surface area contributed by atoms with E-state index in [-0.39, 0.29) is 6.61 Å². The van der Waals surface area contributed by atoms with E-state index in [9.17, 15) is 14.7 Å². The number of aliphatic hydroxyl groups excluding tert-OH is 1. The molecule has 1 aromatic carbocycles. The maximum absolute atomic E-state index is 11.4. The van der Waals surface area contributed by atoms with Gasteiger partial charge in [-0.1, -0.05) is 18.2 Å². The lowest BCUT2D eigenvalue weighted by Gasteiger charge is -2.39. The molecule has 3 rings (SSSR count). The lowest BCUT2D eigenvalue weighted by atomic mass is 9.98. The molecule has 25 heavy (non-hydrogen) atoms. The zero-order valence-corrected chi connectivity index (χ0v) is 13.8. The fourth-order valence-corrected chi connectivity index (χ4v) is 2.81. The fourth-order valence-electron chi connectivity index (χ4n) is 2.81. The van der Waals surface area contributed by atoms with E-state index in [1.165, 1.54) is 13.8 Å². The van der Waals surface area contributed by atoms with Crippen molar-refractivity contribution in [3.05, 3.63) is 35.9 Å². The van der Waals surface area contributed by atoms with Crippen molar-refractivity contribution in [3.63, 3.8) is 0 Å². The molecule has 2 heterocycles. The van der Waals surface area contributed by atoms with E-state index in [0.717, 1.165) is 5.56 Å². The van der Waals surface area contributed by atoms with Crippen molar-refractivity contribution in [1.29, 1.82) is 0 Å². The summed E-state index contributed by atoms with van der Waals surface area (Å²) >= 11 is 0. The molecular formula is C17H19NO7. The van der Waals surface area contributed by atoms with Gasteiger partial charge in [-0.25, -0.2) is 4.99 Å². The normalized spacial score (nSPS) is 30.7. The molecule has 1 saturated heterocycles. The van der Waals surface area contributed by atoms with Crippen molar-refractivity contribution in [3.8, 4) is 0 Å². The lowest BCUT2D eigenvalue weighted by molar-refractivity contribution is -0.228. The number of ether oxygens (including phenoxy) is 4. The van der Waals surface area contributed by atoms with Crippen LogP contribution in [-0.2, 0) is 28.5 Å². The Bertz CT molecular complexity index is 675. The van der Waals surface area contributed by atoms with E-state index in [1.54, 1.807) is 0 Å². The predicted molar refractivity (Wildman–Crippen MR) is 84.7 cm³/mol. The van der Waals surface area contributed by atoms with Crippen molar-refractivity contribution in [2.75, 3.05) is 6.61 Å². The average Bonchev–Trinajstić information content (AvgIpc) is 3.00. The molecule has 0 aromatic heterocycles. The predicted octanol–water partition coefficient (Wildman–Crippen LogP) is 0.413. The Morgan fingerprint density at radius 3 is 2.56 bits per heavy atom. The standard InChI is InChI=1S/C17H19NO7/c1-9(19)22-8-12-14(23-10(2)20)13(21)15-17(24-12)18-16(25-15)11-6-4-3-5-7-11/h3-7,12-15,17,21H,8H2,1-2H3/t12-,13+,14-,15-,17+/m1/s1. The Morgan fingerprint density at radius 1 is 1.20 bits per heavy atom. The van der Waals surface area contributed by atoms with Gasteiger partial charge in [0.1, 0.15) is 18.8 Å². The molecule has 0 saturated carbocycles. The number of hydrogen-bond acceptors (Lipinski definition) is 8. The second-order valence-electron chi connectivity index (χ2n) is 5.82. The molecule has 2 aliphatic heterocycles. The average molecular weight is 349 g/mol. The molecule has 8 heteroatoms. The first-order valence-corrected chi connectivity index (χ1v) is 7.89. The minimum absolute atomic E-state index is 0.163. The summed E-state index contributed by atoms with van der Waals surface area (Å²) in [6, 6.07) is 9.19. The summed E-state index contributed by atoms with van der Waals surface area (Å²) in [6.45, 7) is 2.32. The van der Waals surface area contributed by atoms with Crippen LogP contribution in [0.4, 0.5) is 0 Å². The SMILES string of the molecule is CC(=O)OC[C@H]1O[C@@H]2N=C(c3ccccc3)O[C@@H]2[C@@H](O)[C@@H]1OC(C)=O. The molecule has 1 fully saturated rings. The number of esters is 2. The van der Waals surface area contributed by atoms with Gasteiger partial charge in [-0.2, -0.15) is 0 Å². The van der Waals surface area contributed by atoms with Crippen molar-refractivity contribution in [2.24, 2.45) is 4.99 Å². The van der Waals surface area contributed by atoms with Gasteiger partial charge in [0, 0.05) is 19.4 Å². The molecule has 0 aliphatic carbocycles. The summed E-state index contributed by atoms with van der Waals surface area (Å²) in [4.78, 5) is 26.8. The third kappa shape index (κ3) is 3.80. The minimum atomic E-state index is -1.17. The number of nitrogens with zero attached hydrogens (tertiary/aromatic N) is 1. The van der Waals surface area contributed by atoms with Gasteiger partial charge in [0.25, 0.3) is 0 Å². The number of carbonyl (C=O) groups excluding carboxylic acids is 2. The van der Waals surface area contributed by atoms with Gasteiger partial charge >= 0.3 is 11.9 Å². The summed E-state index contributed by atoms with van der Waals surface area (Å²) in [5.74, 6) is -0.747. The van der Waals surface area contributed by atoms with Crippen LogP contribution < -0.4 is 0 Å². The Morgan fingerprint density at radius 2 is 1.92 bits per heavy atom. The number of rotatable bonds is 4. The molecule has 1 aromatic rings. The first-order valence-electron chi connectivity index (χ1n) is 7.89. The highest BCUT2D eigenvalue weighted by molar-refractivity contribution is 5.95. The molecule has 2 aliphatic rings. The summed E-state index contributed by atoms with van der Waals surface area (Å²) in [6.07, 6.45) is -4.63.